The maximum absolute atomic E-state index is 11.5. The van der Waals surface area contributed by atoms with Crippen LogP contribution in [0.4, 0.5) is 0 Å². The summed E-state index contributed by atoms with van der Waals surface area (Å²) in [5.41, 5.74) is 15.8. The molecule has 0 aliphatic carbocycles. The molecule has 6 nitrogen and oxygen atoms in total. The molecule has 2 amide bonds. The highest BCUT2D eigenvalue weighted by molar-refractivity contribution is 5.83. The van der Waals surface area contributed by atoms with Gasteiger partial charge in [-0.3, -0.25) is 15.0 Å². The fourth-order valence-electron chi connectivity index (χ4n) is 1.10. The van der Waals surface area contributed by atoms with E-state index in [4.69, 9.17) is 11.5 Å². The van der Waals surface area contributed by atoms with Crippen LogP contribution in [0, 0.1) is 11.8 Å². The van der Waals surface area contributed by atoms with Gasteiger partial charge in [0, 0.05) is 0 Å². The minimum absolute atomic E-state index is 0.00641. The maximum Gasteiger partial charge on any atom is 0.251 e. The van der Waals surface area contributed by atoms with Gasteiger partial charge in [-0.2, -0.15) is 0 Å². The van der Waals surface area contributed by atoms with E-state index < -0.39 is 18.0 Å². The molecule has 0 aromatic carbocycles. The molecule has 0 unspecified atom stereocenters. The molecular formula is C10H22N4O2. The number of hydrogen-bond donors (Lipinski definition) is 4. The van der Waals surface area contributed by atoms with Crippen molar-refractivity contribution >= 4 is 11.8 Å². The van der Waals surface area contributed by atoms with E-state index in [1.165, 1.54) is 0 Å². The second-order valence-electron chi connectivity index (χ2n) is 4.53. The lowest BCUT2D eigenvalue weighted by Crippen LogP contribution is -2.57. The van der Waals surface area contributed by atoms with Gasteiger partial charge in [0.25, 0.3) is 5.91 Å². The van der Waals surface area contributed by atoms with E-state index in [1.54, 1.807) is 0 Å². The molecule has 0 aromatic heterocycles. The smallest absolute Gasteiger partial charge is 0.251 e. The summed E-state index contributed by atoms with van der Waals surface area (Å²) in [6, 6.07) is -1.20. The lowest BCUT2D eigenvalue weighted by atomic mass is 10.0. The van der Waals surface area contributed by atoms with Gasteiger partial charge in [0.15, 0.2) is 0 Å². The number of carbonyl (C=O) groups excluding carboxylic acids is 2. The van der Waals surface area contributed by atoms with Crippen molar-refractivity contribution in [3.05, 3.63) is 0 Å². The molecule has 2 atom stereocenters. The van der Waals surface area contributed by atoms with Crippen LogP contribution in [0.2, 0.25) is 0 Å². The molecule has 16 heavy (non-hydrogen) atoms. The highest BCUT2D eigenvalue weighted by Gasteiger charge is 2.22. The Bertz CT molecular complexity index is 253. The van der Waals surface area contributed by atoms with E-state index in [0.717, 1.165) is 0 Å². The monoisotopic (exact) mass is 230 g/mol. The van der Waals surface area contributed by atoms with E-state index in [0.29, 0.717) is 0 Å². The van der Waals surface area contributed by atoms with Gasteiger partial charge in [0.2, 0.25) is 5.91 Å². The molecule has 0 spiro atoms. The minimum Gasteiger partial charge on any atom is -0.368 e. The summed E-state index contributed by atoms with van der Waals surface area (Å²) in [5.74, 6) is -0.823. The summed E-state index contributed by atoms with van der Waals surface area (Å²) in [5, 5.41) is 0. The molecule has 0 rings (SSSR count). The van der Waals surface area contributed by atoms with Crippen LogP contribution < -0.4 is 22.3 Å². The van der Waals surface area contributed by atoms with Gasteiger partial charge in [-0.1, -0.05) is 27.7 Å². The van der Waals surface area contributed by atoms with Crippen molar-refractivity contribution in [2.45, 2.75) is 39.8 Å². The zero-order chi connectivity index (χ0) is 12.9. The van der Waals surface area contributed by atoms with Crippen molar-refractivity contribution in [1.82, 2.24) is 10.9 Å². The van der Waals surface area contributed by atoms with Gasteiger partial charge in [0.1, 0.15) is 6.04 Å². The van der Waals surface area contributed by atoms with Crippen LogP contribution in [-0.4, -0.2) is 23.9 Å². The number of rotatable bonds is 6. The zero-order valence-electron chi connectivity index (χ0n) is 10.3. The van der Waals surface area contributed by atoms with Gasteiger partial charge in [-0.15, -0.1) is 0 Å². The second kappa shape index (κ2) is 6.44. The van der Waals surface area contributed by atoms with E-state index in [1.807, 2.05) is 27.7 Å². The first kappa shape index (κ1) is 14.9. The number of carbonyl (C=O) groups is 2. The van der Waals surface area contributed by atoms with Crippen molar-refractivity contribution in [2.75, 3.05) is 0 Å². The first-order valence-electron chi connectivity index (χ1n) is 5.37. The molecule has 0 radical (unpaired) electrons. The maximum atomic E-state index is 11.5. The zero-order valence-corrected chi connectivity index (χ0v) is 10.3. The fraction of sp³-hybridized carbons (Fsp3) is 0.800. The number of primary amides is 1. The Morgan fingerprint density at radius 3 is 1.88 bits per heavy atom. The highest BCUT2D eigenvalue weighted by Crippen LogP contribution is 2.00. The number of hydrogen-bond acceptors (Lipinski definition) is 4. The predicted octanol–water partition coefficient (Wildman–Crippen LogP) is -0.900. The molecule has 0 fully saturated rings. The summed E-state index contributed by atoms with van der Waals surface area (Å²) in [4.78, 5) is 22.5. The quantitative estimate of drug-likeness (QED) is 0.443. The number of amides is 2. The van der Waals surface area contributed by atoms with Crippen molar-refractivity contribution in [1.29, 1.82) is 0 Å². The van der Waals surface area contributed by atoms with Crippen LogP contribution in [0.5, 0.6) is 0 Å². The van der Waals surface area contributed by atoms with E-state index >= 15 is 0 Å². The van der Waals surface area contributed by atoms with Crippen LogP contribution in [0.15, 0.2) is 0 Å². The van der Waals surface area contributed by atoms with E-state index in [9.17, 15) is 9.59 Å². The number of nitrogens with one attached hydrogen (secondary N) is 2. The van der Waals surface area contributed by atoms with Gasteiger partial charge in [-0.05, 0) is 11.8 Å². The average molecular weight is 230 g/mol. The van der Waals surface area contributed by atoms with Gasteiger partial charge in [-0.25, -0.2) is 5.43 Å². The molecule has 0 aliphatic heterocycles. The lowest BCUT2D eigenvalue weighted by molar-refractivity contribution is -0.126. The SMILES string of the molecule is CC(C)[C@@H](N)C(=O)NN[C@@H](C(N)=O)C(C)C. The molecule has 0 saturated carbocycles. The van der Waals surface area contributed by atoms with Crippen molar-refractivity contribution in [2.24, 2.45) is 23.3 Å². The Kier molecular flexibility index (Phi) is 5.98. The number of nitrogens with two attached hydrogens (primary N) is 2. The summed E-state index contributed by atoms with van der Waals surface area (Å²) in [6.45, 7) is 7.35. The topological polar surface area (TPSA) is 110 Å². The van der Waals surface area contributed by atoms with Crippen molar-refractivity contribution < 1.29 is 9.59 Å². The standard InChI is InChI=1S/C10H22N4O2/c1-5(2)7(11)10(16)14-13-8(6(3)4)9(12)15/h5-8,13H,11H2,1-4H3,(H2,12,15)(H,14,16)/t7-,8-/m1/s1. The minimum atomic E-state index is -0.604. The Hall–Kier alpha value is -1.14. The van der Waals surface area contributed by atoms with E-state index in [2.05, 4.69) is 10.9 Å². The van der Waals surface area contributed by atoms with Gasteiger partial charge < -0.3 is 11.5 Å². The lowest BCUT2D eigenvalue weighted by Gasteiger charge is -2.21. The van der Waals surface area contributed by atoms with Crippen LogP contribution in [0.25, 0.3) is 0 Å². The second-order valence-corrected chi connectivity index (χ2v) is 4.53. The van der Waals surface area contributed by atoms with Crippen LogP contribution in [0.1, 0.15) is 27.7 Å². The highest BCUT2D eigenvalue weighted by atomic mass is 16.2. The molecule has 0 saturated heterocycles. The molecule has 0 aliphatic rings. The average Bonchev–Trinajstić information content (AvgIpc) is 2.15. The van der Waals surface area contributed by atoms with Crippen molar-refractivity contribution in [3.8, 4) is 0 Å². The molecule has 0 aromatic rings. The summed E-state index contributed by atoms with van der Waals surface area (Å²) >= 11 is 0. The normalized spacial score (nSPS) is 14.9. The summed E-state index contributed by atoms with van der Waals surface area (Å²) < 4.78 is 0. The Morgan fingerprint density at radius 2 is 1.56 bits per heavy atom. The first-order valence-corrected chi connectivity index (χ1v) is 5.37. The van der Waals surface area contributed by atoms with Crippen LogP contribution >= 0.6 is 0 Å². The Morgan fingerprint density at radius 1 is 1.06 bits per heavy atom. The largest absolute Gasteiger partial charge is 0.368 e. The predicted molar refractivity (Wildman–Crippen MR) is 61.9 cm³/mol. The fourth-order valence-corrected chi connectivity index (χ4v) is 1.10. The van der Waals surface area contributed by atoms with Gasteiger partial charge >= 0.3 is 0 Å². The molecule has 6 N–H and O–H groups in total. The number of hydrazine groups is 1. The van der Waals surface area contributed by atoms with Crippen LogP contribution in [0.3, 0.4) is 0 Å². The summed E-state index contributed by atoms with van der Waals surface area (Å²) in [6.07, 6.45) is 0. The van der Waals surface area contributed by atoms with E-state index in [-0.39, 0.29) is 17.7 Å². The summed E-state index contributed by atoms with van der Waals surface area (Å²) in [7, 11) is 0. The first-order chi connectivity index (χ1) is 7.27. The third-order valence-corrected chi connectivity index (χ3v) is 2.35. The molecular weight excluding hydrogens is 208 g/mol. The third kappa shape index (κ3) is 4.59. The molecule has 0 heterocycles. The molecule has 94 valence electrons. The Labute approximate surface area is 96.1 Å². The third-order valence-electron chi connectivity index (χ3n) is 2.35. The van der Waals surface area contributed by atoms with Crippen molar-refractivity contribution in [3.63, 3.8) is 0 Å². The van der Waals surface area contributed by atoms with Crippen LogP contribution in [-0.2, 0) is 9.59 Å². The molecule has 0 bridgehead atoms. The molecule has 6 heteroatoms. The Balaban J connectivity index is 4.22. The van der Waals surface area contributed by atoms with Gasteiger partial charge in [0.05, 0.1) is 6.04 Å².